The summed E-state index contributed by atoms with van der Waals surface area (Å²) in [5, 5.41) is 6.68. The molecule has 0 atom stereocenters. The van der Waals surface area contributed by atoms with Gasteiger partial charge in [-0.25, -0.2) is 4.98 Å². The molecule has 4 heteroatoms. The molecule has 0 aliphatic heterocycles. The number of hydrogen-bond donors (Lipinski definition) is 2. The monoisotopic (exact) mass is 262 g/mol. The Balaban J connectivity index is 1.98. The second-order valence-electron chi connectivity index (χ2n) is 5.97. The van der Waals surface area contributed by atoms with E-state index >= 15 is 0 Å². The van der Waals surface area contributed by atoms with E-state index in [0.29, 0.717) is 5.41 Å². The van der Waals surface area contributed by atoms with Crippen LogP contribution in [-0.4, -0.2) is 23.1 Å². The lowest BCUT2D eigenvalue weighted by Crippen LogP contribution is -2.29. The van der Waals surface area contributed by atoms with Gasteiger partial charge in [-0.1, -0.05) is 26.2 Å². The zero-order chi connectivity index (χ0) is 13.7. The Bertz CT molecular complexity index is 411. The molecular formula is C15H26N4. The molecule has 19 heavy (non-hydrogen) atoms. The van der Waals surface area contributed by atoms with E-state index in [4.69, 9.17) is 0 Å². The Morgan fingerprint density at radius 3 is 2.58 bits per heavy atom. The summed E-state index contributed by atoms with van der Waals surface area (Å²) in [6.45, 7) is 8.31. The van der Waals surface area contributed by atoms with Crippen LogP contribution in [0.2, 0.25) is 0 Å². The van der Waals surface area contributed by atoms with Gasteiger partial charge in [-0.3, -0.25) is 0 Å². The molecule has 1 aromatic heterocycles. The third kappa shape index (κ3) is 4.08. The third-order valence-electron chi connectivity index (χ3n) is 3.95. The fourth-order valence-corrected chi connectivity index (χ4v) is 2.78. The zero-order valence-electron chi connectivity index (χ0n) is 12.4. The van der Waals surface area contributed by atoms with Crippen molar-refractivity contribution in [2.45, 2.75) is 52.9 Å². The number of nitrogens with zero attached hydrogens (tertiary/aromatic N) is 2. The molecule has 0 aromatic carbocycles. The molecule has 2 rings (SSSR count). The van der Waals surface area contributed by atoms with Gasteiger partial charge in [0, 0.05) is 24.8 Å². The number of hydrogen-bond acceptors (Lipinski definition) is 4. The predicted octanol–water partition coefficient (Wildman–Crippen LogP) is 3.60. The fourth-order valence-electron chi connectivity index (χ4n) is 2.78. The van der Waals surface area contributed by atoms with E-state index in [9.17, 15) is 0 Å². The maximum absolute atomic E-state index is 4.51. The summed E-state index contributed by atoms with van der Waals surface area (Å²) in [4.78, 5) is 8.88. The van der Waals surface area contributed by atoms with Crippen molar-refractivity contribution >= 4 is 11.8 Å². The molecule has 1 heterocycles. The largest absolute Gasteiger partial charge is 0.369 e. The number of anilines is 2. The highest BCUT2D eigenvalue weighted by molar-refractivity contribution is 5.42. The lowest BCUT2D eigenvalue weighted by Gasteiger charge is -2.33. The maximum atomic E-state index is 4.51. The van der Waals surface area contributed by atoms with Crippen LogP contribution in [0.1, 0.15) is 51.6 Å². The average Bonchev–Trinajstić information content (AvgIpc) is 2.37. The van der Waals surface area contributed by atoms with Crippen LogP contribution in [0.4, 0.5) is 11.8 Å². The van der Waals surface area contributed by atoms with E-state index in [2.05, 4.69) is 34.4 Å². The molecule has 0 bridgehead atoms. The molecular weight excluding hydrogens is 236 g/mol. The summed E-state index contributed by atoms with van der Waals surface area (Å²) in [5.74, 6) is 1.66. The molecule has 2 N–H and O–H groups in total. The Morgan fingerprint density at radius 1 is 1.16 bits per heavy atom. The molecule has 0 saturated heterocycles. The van der Waals surface area contributed by atoms with Crippen LogP contribution >= 0.6 is 0 Å². The number of nitrogens with one attached hydrogen (secondary N) is 2. The molecule has 4 nitrogen and oxygen atoms in total. The number of aromatic nitrogens is 2. The van der Waals surface area contributed by atoms with E-state index in [1.165, 1.54) is 32.1 Å². The van der Waals surface area contributed by atoms with Crippen molar-refractivity contribution in [3.8, 4) is 0 Å². The van der Waals surface area contributed by atoms with Gasteiger partial charge in [0.1, 0.15) is 5.82 Å². The minimum Gasteiger partial charge on any atom is -0.369 e. The molecule has 0 unspecified atom stereocenters. The lowest BCUT2D eigenvalue weighted by molar-refractivity contribution is 0.233. The Hall–Kier alpha value is -1.32. The standard InChI is InChI=1S/C15H26N4/c1-4-16-14-18-12(2)10-13(19-14)17-11-15(3)8-6-5-7-9-15/h10H,4-9,11H2,1-3H3,(H2,16,17,18,19). The van der Waals surface area contributed by atoms with E-state index < -0.39 is 0 Å². The van der Waals surface area contributed by atoms with Crippen LogP contribution in [0.15, 0.2) is 6.07 Å². The van der Waals surface area contributed by atoms with Crippen molar-refractivity contribution in [1.82, 2.24) is 9.97 Å². The van der Waals surface area contributed by atoms with Crippen molar-refractivity contribution in [3.63, 3.8) is 0 Å². The third-order valence-corrected chi connectivity index (χ3v) is 3.95. The van der Waals surface area contributed by atoms with Gasteiger partial charge >= 0.3 is 0 Å². The van der Waals surface area contributed by atoms with Crippen LogP contribution in [0, 0.1) is 12.3 Å². The lowest BCUT2D eigenvalue weighted by atomic mass is 9.76. The maximum Gasteiger partial charge on any atom is 0.224 e. The summed E-state index contributed by atoms with van der Waals surface area (Å²) < 4.78 is 0. The molecule has 1 saturated carbocycles. The van der Waals surface area contributed by atoms with Crippen molar-refractivity contribution in [2.24, 2.45) is 5.41 Å². The zero-order valence-corrected chi connectivity index (χ0v) is 12.4. The second kappa shape index (κ2) is 6.22. The Labute approximate surface area is 116 Å². The highest BCUT2D eigenvalue weighted by atomic mass is 15.1. The fraction of sp³-hybridized carbons (Fsp3) is 0.733. The van der Waals surface area contributed by atoms with Crippen LogP contribution in [0.5, 0.6) is 0 Å². The van der Waals surface area contributed by atoms with Gasteiger partial charge < -0.3 is 10.6 Å². The summed E-state index contributed by atoms with van der Waals surface area (Å²) in [7, 11) is 0. The van der Waals surface area contributed by atoms with E-state index in [0.717, 1.165) is 30.5 Å². The van der Waals surface area contributed by atoms with E-state index in [1.54, 1.807) is 0 Å². The molecule has 1 aromatic rings. The summed E-state index contributed by atoms with van der Waals surface area (Å²) in [6, 6.07) is 2.02. The summed E-state index contributed by atoms with van der Waals surface area (Å²) >= 11 is 0. The highest BCUT2D eigenvalue weighted by Gasteiger charge is 2.26. The molecule has 0 amide bonds. The molecule has 1 aliphatic carbocycles. The first kappa shape index (κ1) is 14.1. The van der Waals surface area contributed by atoms with Crippen LogP contribution in [-0.2, 0) is 0 Å². The van der Waals surface area contributed by atoms with Crippen LogP contribution in [0.25, 0.3) is 0 Å². The van der Waals surface area contributed by atoms with Gasteiger partial charge in [0.05, 0.1) is 0 Å². The van der Waals surface area contributed by atoms with Gasteiger partial charge in [-0.05, 0) is 32.1 Å². The first-order chi connectivity index (χ1) is 9.11. The number of aryl methyl sites for hydroxylation is 1. The molecule has 106 valence electrons. The number of rotatable bonds is 5. The molecule has 1 fully saturated rings. The topological polar surface area (TPSA) is 49.8 Å². The van der Waals surface area contributed by atoms with Gasteiger partial charge in [-0.2, -0.15) is 4.98 Å². The first-order valence-corrected chi connectivity index (χ1v) is 7.45. The Morgan fingerprint density at radius 2 is 1.89 bits per heavy atom. The van der Waals surface area contributed by atoms with Crippen LogP contribution in [0.3, 0.4) is 0 Å². The minimum absolute atomic E-state index is 0.426. The molecule has 1 aliphatic rings. The van der Waals surface area contributed by atoms with Crippen molar-refractivity contribution in [2.75, 3.05) is 23.7 Å². The second-order valence-corrected chi connectivity index (χ2v) is 5.97. The normalized spacial score (nSPS) is 18.1. The SMILES string of the molecule is CCNc1nc(C)cc(NCC2(C)CCCCC2)n1. The summed E-state index contributed by atoms with van der Waals surface area (Å²) in [5.41, 5.74) is 1.43. The smallest absolute Gasteiger partial charge is 0.224 e. The van der Waals surface area contributed by atoms with Crippen molar-refractivity contribution < 1.29 is 0 Å². The van der Waals surface area contributed by atoms with Crippen molar-refractivity contribution in [1.29, 1.82) is 0 Å². The first-order valence-electron chi connectivity index (χ1n) is 7.45. The van der Waals surface area contributed by atoms with Gasteiger partial charge in [-0.15, -0.1) is 0 Å². The average molecular weight is 262 g/mol. The van der Waals surface area contributed by atoms with E-state index in [-0.39, 0.29) is 0 Å². The summed E-state index contributed by atoms with van der Waals surface area (Å²) in [6.07, 6.45) is 6.77. The Kier molecular flexibility index (Phi) is 4.61. The van der Waals surface area contributed by atoms with Crippen LogP contribution < -0.4 is 10.6 Å². The predicted molar refractivity (Wildman–Crippen MR) is 80.6 cm³/mol. The quantitative estimate of drug-likeness (QED) is 0.851. The minimum atomic E-state index is 0.426. The van der Waals surface area contributed by atoms with Gasteiger partial charge in [0.15, 0.2) is 0 Å². The van der Waals surface area contributed by atoms with Gasteiger partial charge in [0.25, 0.3) is 0 Å². The highest BCUT2D eigenvalue weighted by Crippen LogP contribution is 2.35. The molecule has 0 spiro atoms. The molecule has 0 radical (unpaired) electrons. The van der Waals surface area contributed by atoms with Crippen molar-refractivity contribution in [3.05, 3.63) is 11.8 Å². The van der Waals surface area contributed by atoms with E-state index in [1.807, 2.05) is 13.0 Å². The van der Waals surface area contributed by atoms with Gasteiger partial charge in [0.2, 0.25) is 5.95 Å².